The molecule has 1 aromatic heterocycles. The zero-order valence-electron chi connectivity index (χ0n) is 9.93. The molecular weight excluding hydrogens is 230 g/mol. The summed E-state index contributed by atoms with van der Waals surface area (Å²) < 4.78 is 39.5. The van der Waals surface area contributed by atoms with Gasteiger partial charge >= 0.3 is 18.9 Å². The van der Waals surface area contributed by atoms with E-state index < -0.39 is 23.1 Å². The standard InChI is InChI=1S/C8H11FN2O3S.Li.H/c9-6-5-10-11(8(6)15(12)13)7-3-1-2-4-14-7;;/h5,7H,1-4H2,(H,12,13);;/q;+1;-1. The Balaban J connectivity index is 0.00000128. The minimum atomic E-state index is -2.38. The first-order valence-corrected chi connectivity index (χ1v) is 5.76. The van der Waals surface area contributed by atoms with E-state index in [0.29, 0.717) is 13.0 Å². The molecule has 2 atom stereocenters. The van der Waals surface area contributed by atoms with Crippen molar-refractivity contribution in [2.24, 2.45) is 0 Å². The van der Waals surface area contributed by atoms with Gasteiger partial charge in [-0.3, -0.25) is 0 Å². The Morgan fingerprint density at radius 3 is 3.00 bits per heavy atom. The zero-order chi connectivity index (χ0) is 10.8. The normalized spacial score (nSPS) is 22.5. The molecule has 1 fully saturated rings. The first kappa shape index (κ1) is 13.9. The van der Waals surface area contributed by atoms with Crippen molar-refractivity contribution in [3.8, 4) is 0 Å². The van der Waals surface area contributed by atoms with Crippen LogP contribution in [0, 0.1) is 5.82 Å². The fourth-order valence-corrected chi connectivity index (χ4v) is 2.16. The molecule has 0 saturated carbocycles. The van der Waals surface area contributed by atoms with Crippen LogP contribution in [0.5, 0.6) is 0 Å². The topological polar surface area (TPSA) is 64.3 Å². The molecule has 86 valence electrons. The summed E-state index contributed by atoms with van der Waals surface area (Å²) in [6.45, 7) is 0.573. The number of hydrogen-bond donors (Lipinski definition) is 1. The second-order valence-electron chi connectivity index (χ2n) is 3.31. The van der Waals surface area contributed by atoms with Crippen molar-refractivity contribution in [2.45, 2.75) is 30.5 Å². The Kier molecular flexibility index (Phi) is 5.15. The fraction of sp³-hybridized carbons (Fsp3) is 0.625. The molecule has 1 aliphatic heterocycles. The molecule has 0 bridgehead atoms. The third kappa shape index (κ3) is 2.73. The summed E-state index contributed by atoms with van der Waals surface area (Å²) in [6.07, 6.45) is 3.10. The molecule has 1 saturated heterocycles. The van der Waals surface area contributed by atoms with Gasteiger partial charge in [0, 0.05) is 6.61 Å². The van der Waals surface area contributed by atoms with Crippen LogP contribution in [0.25, 0.3) is 0 Å². The Labute approximate surface area is 108 Å². The van der Waals surface area contributed by atoms with Gasteiger partial charge in [-0.25, -0.2) is 13.3 Å². The average Bonchev–Trinajstić information content (AvgIpc) is 2.61. The number of rotatable bonds is 2. The molecule has 2 rings (SSSR count). The summed E-state index contributed by atoms with van der Waals surface area (Å²) in [5.41, 5.74) is 0. The molecule has 16 heavy (non-hydrogen) atoms. The van der Waals surface area contributed by atoms with E-state index in [1.54, 1.807) is 0 Å². The van der Waals surface area contributed by atoms with Gasteiger partial charge in [-0.1, -0.05) is 0 Å². The monoisotopic (exact) mass is 242 g/mol. The van der Waals surface area contributed by atoms with E-state index in [1.165, 1.54) is 0 Å². The number of aromatic nitrogens is 2. The molecule has 1 N–H and O–H groups in total. The Morgan fingerprint density at radius 2 is 2.44 bits per heavy atom. The van der Waals surface area contributed by atoms with Crippen LogP contribution in [0.4, 0.5) is 4.39 Å². The van der Waals surface area contributed by atoms with E-state index in [1.807, 2.05) is 0 Å². The van der Waals surface area contributed by atoms with E-state index in [2.05, 4.69) is 5.10 Å². The van der Waals surface area contributed by atoms with Crippen molar-refractivity contribution in [3.05, 3.63) is 12.0 Å². The van der Waals surface area contributed by atoms with Crippen LogP contribution in [0.1, 0.15) is 26.9 Å². The predicted octanol–water partition coefficient (Wildman–Crippen LogP) is -1.58. The van der Waals surface area contributed by atoms with Crippen molar-refractivity contribution in [3.63, 3.8) is 0 Å². The summed E-state index contributed by atoms with van der Waals surface area (Å²) in [6, 6.07) is 0. The SMILES string of the molecule is O=S(O)c1c(F)cnn1C1CCCCO1.[H-].[Li+]. The molecule has 8 heteroatoms. The quantitative estimate of drug-likeness (QED) is 0.502. The van der Waals surface area contributed by atoms with Gasteiger partial charge in [0.05, 0.1) is 6.20 Å². The van der Waals surface area contributed by atoms with E-state index in [4.69, 9.17) is 9.29 Å². The molecule has 2 heterocycles. The summed E-state index contributed by atoms with van der Waals surface area (Å²) in [5, 5.41) is 3.41. The van der Waals surface area contributed by atoms with Gasteiger partial charge in [0.25, 0.3) is 0 Å². The molecule has 5 nitrogen and oxygen atoms in total. The first-order chi connectivity index (χ1) is 7.20. The molecular formula is C8H12FLiN2O3S. The summed E-state index contributed by atoms with van der Waals surface area (Å²) in [7, 11) is 0. The van der Waals surface area contributed by atoms with Crippen molar-refractivity contribution in [2.75, 3.05) is 6.61 Å². The van der Waals surface area contributed by atoms with Crippen LogP contribution in [0.3, 0.4) is 0 Å². The van der Waals surface area contributed by atoms with Gasteiger partial charge in [-0.2, -0.15) is 5.10 Å². The van der Waals surface area contributed by atoms with E-state index in [-0.39, 0.29) is 25.3 Å². The van der Waals surface area contributed by atoms with Gasteiger partial charge in [0.15, 0.2) is 17.1 Å². The molecule has 2 unspecified atom stereocenters. The molecule has 0 radical (unpaired) electrons. The fourth-order valence-electron chi connectivity index (χ4n) is 1.62. The first-order valence-electron chi connectivity index (χ1n) is 4.65. The molecule has 0 aliphatic carbocycles. The summed E-state index contributed by atoms with van der Waals surface area (Å²) >= 11 is -2.38. The molecule has 0 amide bonds. The number of ether oxygens (including phenoxy) is 1. The maximum absolute atomic E-state index is 13.1. The van der Waals surface area contributed by atoms with E-state index in [9.17, 15) is 8.60 Å². The van der Waals surface area contributed by atoms with E-state index in [0.717, 1.165) is 23.7 Å². The third-order valence-corrected chi connectivity index (χ3v) is 3.01. The summed E-state index contributed by atoms with van der Waals surface area (Å²) in [4.78, 5) is 0. The van der Waals surface area contributed by atoms with Crippen molar-refractivity contribution in [1.29, 1.82) is 0 Å². The third-order valence-electron chi connectivity index (χ3n) is 2.30. The van der Waals surface area contributed by atoms with Gasteiger partial charge in [0.2, 0.25) is 11.1 Å². The zero-order valence-corrected chi connectivity index (χ0v) is 9.74. The maximum atomic E-state index is 13.1. The van der Waals surface area contributed by atoms with Crippen LogP contribution in [0.2, 0.25) is 0 Å². The molecule has 0 aromatic carbocycles. The van der Waals surface area contributed by atoms with Crippen LogP contribution in [0.15, 0.2) is 11.2 Å². The van der Waals surface area contributed by atoms with Crippen LogP contribution in [-0.4, -0.2) is 25.1 Å². The number of nitrogens with zero attached hydrogens (tertiary/aromatic N) is 2. The Bertz CT molecular complexity index is 387. The number of halogens is 1. The van der Waals surface area contributed by atoms with Crippen LogP contribution >= 0.6 is 0 Å². The smallest absolute Gasteiger partial charge is 1.00 e. The van der Waals surface area contributed by atoms with Crippen molar-refractivity contribution in [1.82, 2.24) is 9.78 Å². The Hall–Kier alpha value is -0.193. The van der Waals surface area contributed by atoms with Crippen LogP contribution in [-0.2, 0) is 15.8 Å². The molecule has 1 aliphatic rings. The average molecular weight is 242 g/mol. The second-order valence-corrected chi connectivity index (χ2v) is 4.20. The van der Waals surface area contributed by atoms with Crippen molar-refractivity contribution < 1.29 is 38.2 Å². The maximum Gasteiger partial charge on any atom is 1.00 e. The van der Waals surface area contributed by atoms with Crippen molar-refractivity contribution >= 4 is 11.1 Å². The summed E-state index contributed by atoms with van der Waals surface area (Å²) in [5.74, 6) is -0.773. The number of hydrogen-bond acceptors (Lipinski definition) is 3. The predicted molar refractivity (Wildman–Crippen MR) is 51.2 cm³/mol. The van der Waals surface area contributed by atoms with Gasteiger partial charge < -0.3 is 10.7 Å². The van der Waals surface area contributed by atoms with Gasteiger partial charge in [-0.15, -0.1) is 0 Å². The molecule has 1 aromatic rings. The minimum absolute atomic E-state index is 0. The van der Waals surface area contributed by atoms with Crippen LogP contribution < -0.4 is 18.9 Å². The minimum Gasteiger partial charge on any atom is -1.00 e. The van der Waals surface area contributed by atoms with Gasteiger partial charge in [-0.05, 0) is 19.3 Å². The van der Waals surface area contributed by atoms with E-state index >= 15 is 0 Å². The molecule has 0 spiro atoms. The largest absolute Gasteiger partial charge is 1.00 e. The second kappa shape index (κ2) is 5.94. The Morgan fingerprint density at radius 1 is 1.69 bits per heavy atom. The van der Waals surface area contributed by atoms with Gasteiger partial charge in [0.1, 0.15) is 0 Å².